The minimum Gasteiger partial charge on any atom is -0.482 e. The van der Waals surface area contributed by atoms with Gasteiger partial charge in [-0.05, 0) is 31.2 Å². The van der Waals surface area contributed by atoms with Crippen molar-refractivity contribution in [3.05, 3.63) is 64.4 Å². The molecule has 4 aromatic rings. The SMILES string of the molecule is Cc1nc(-c2ccc(C(F)(F)F)cc2)sc1Cc1nc2ccc(OCC(=O)O)cc2[nH]1. The van der Waals surface area contributed by atoms with Gasteiger partial charge >= 0.3 is 12.1 Å². The van der Waals surface area contributed by atoms with Crippen LogP contribution in [0.4, 0.5) is 13.2 Å². The molecule has 0 aliphatic heterocycles. The quantitative estimate of drug-likeness (QED) is 0.431. The van der Waals surface area contributed by atoms with Crippen LogP contribution in [0.15, 0.2) is 42.5 Å². The van der Waals surface area contributed by atoms with Gasteiger partial charge in [-0.15, -0.1) is 11.3 Å². The number of aliphatic carboxylic acids is 1. The molecule has 31 heavy (non-hydrogen) atoms. The number of ether oxygens (including phenoxy) is 1. The van der Waals surface area contributed by atoms with E-state index >= 15 is 0 Å². The van der Waals surface area contributed by atoms with Crippen molar-refractivity contribution in [1.29, 1.82) is 0 Å². The lowest BCUT2D eigenvalue weighted by atomic mass is 10.1. The number of carboxylic acid groups (broad SMARTS) is 1. The van der Waals surface area contributed by atoms with Gasteiger partial charge in [0.25, 0.3) is 0 Å². The first-order chi connectivity index (χ1) is 14.7. The summed E-state index contributed by atoms with van der Waals surface area (Å²) in [4.78, 5) is 23.8. The van der Waals surface area contributed by atoms with E-state index in [2.05, 4.69) is 15.0 Å². The maximum atomic E-state index is 12.8. The van der Waals surface area contributed by atoms with Crippen LogP contribution < -0.4 is 4.74 Å². The molecule has 2 aromatic carbocycles. The fourth-order valence-electron chi connectivity index (χ4n) is 3.03. The van der Waals surface area contributed by atoms with Crippen molar-refractivity contribution in [1.82, 2.24) is 15.0 Å². The van der Waals surface area contributed by atoms with Gasteiger partial charge in [0.1, 0.15) is 16.6 Å². The summed E-state index contributed by atoms with van der Waals surface area (Å²) in [6.07, 6.45) is -3.90. The van der Waals surface area contributed by atoms with E-state index in [4.69, 9.17) is 9.84 Å². The number of carboxylic acids is 1. The van der Waals surface area contributed by atoms with E-state index < -0.39 is 24.3 Å². The molecule has 2 aromatic heterocycles. The molecule has 0 saturated carbocycles. The molecule has 0 aliphatic rings. The lowest BCUT2D eigenvalue weighted by Crippen LogP contribution is -2.09. The highest BCUT2D eigenvalue weighted by Gasteiger charge is 2.30. The van der Waals surface area contributed by atoms with Crippen LogP contribution in [-0.2, 0) is 17.4 Å². The third kappa shape index (κ3) is 4.69. The number of nitrogens with zero attached hydrogens (tertiary/aromatic N) is 2. The summed E-state index contributed by atoms with van der Waals surface area (Å²) in [5, 5.41) is 9.36. The van der Waals surface area contributed by atoms with Gasteiger partial charge in [0.2, 0.25) is 0 Å². The van der Waals surface area contributed by atoms with Crippen LogP contribution in [0, 0.1) is 6.92 Å². The lowest BCUT2D eigenvalue weighted by molar-refractivity contribution is -0.139. The third-order valence-corrected chi connectivity index (χ3v) is 5.75. The molecular formula is C21H16F3N3O3S. The first kappa shape index (κ1) is 20.9. The Balaban J connectivity index is 1.54. The Morgan fingerprint density at radius 2 is 1.90 bits per heavy atom. The molecule has 0 fully saturated rings. The normalized spacial score (nSPS) is 11.7. The number of hydrogen-bond acceptors (Lipinski definition) is 5. The van der Waals surface area contributed by atoms with Gasteiger partial charge < -0.3 is 14.8 Å². The van der Waals surface area contributed by atoms with Crippen LogP contribution >= 0.6 is 11.3 Å². The molecule has 0 aliphatic carbocycles. The third-order valence-electron chi connectivity index (χ3n) is 4.54. The Bertz CT molecular complexity index is 1250. The number of benzene rings is 2. The number of thiazole rings is 1. The van der Waals surface area contributed by atoms with Gasteiger partial charge in [-0.2, -0.15) is 13.2 Å². The van der Waals surface area contributed by atoms with Gasteiger partial charge in [0.05, 0.1) is 22.3 Å². The number of carbonyl (C=O) groups is 1. The summed E-state index contributed by atoms with van der Waals surface area (Å²) in [6.45, 7) is 1.42. The number of aromatic amines is 1. The number of H-pyrrole nitrogens is 1. The summed E-state index contributed by atoms with van der Waals surface area (Å²) >= 11 is 1.40. The molecule has 2 N–H and O–H groups in total. The number of rotatable bonds is 6. The van der Waals surface area contributed by atoms with Crippen molar-refractivity contribution in [2.45, 2.75) is 19.5 Å². The van der Waals surface area contributed by atoms with Crippen molar-refractivity contribution in [2.75, 3.05) is 6.61 Å². The molecule has 160 valence electrons. The van der Waals surface area contributed by atoms with E-state index in [0.717, 1.165) is 22.7 Å². The van der Waals surface area contributed by atoms with E-state index in [-0.39, 0.29) is 0 Å². The average molecular weight is 447 g/mol. The second kappa shape index (κ2) is 8.03. The Hall–Kier alpha value is -3.40. The van der Waals surface area contributed by atoms with E-state index in [1.54, 1.807) is 18.2 Å². The molecular weight excluding hydrogens is 431 g/mol. The zero-order valence-corrected chi connectivity index (χ0v) is 17.0. The molecule has 0 saturated heterocycles. The van der Waals surface area contributed by atoms with E-state index in [9.17, 15) is 18.0 Å². The van der Waals surface area contributed by atoms with Gasteiger partial charge in [-0.1, -0.05) is 12.1 Å². The zero-order valence-electron chi connectivity index (χ0n) is 16.2. The summed E-state index contributed by atoms with van der Waals surface area (Å²) in [7, 11) is 0. The molecule has 0 spiro atoms. The average Bonchev–Trinajstić information content (AvgIpc) is 3.28. The number of alkyl halides is 3. The number of fused-ring (bicyclic) bond motifs is 1. The highest BCUT2D eigenvalue weighted by Crippen LogP contribution is 2.33. The first-order valence-corrected chi connectivity index (χ1v) is 9.98. The second-order valence-corrected chi connectivity index (χ2v) is 7.91. The molecule has 0 atom stereocenters. The number of imidazole rings is 1. The highest BCUT2D eigenvalue weighted by atomic mass is 32.1. The maximum absolute atomic E-state index is 12.8. The molecule has 0 unspecified atom stereocenters. The number of halogens is 3. The molecule has 2 heterocycles. The predicted molar refractivity (Wildman–Crippen MR) is 109 cm³/mol. The fourth-order valence-corrected chi connectivity index (χ4v) is 4.10. The first-order valence-electron chi connectivity index (χ1n) is 9.16. The Morgan fingerprint density at radius 3 is 2.58 bits per heavy atom. The smallest absolute Gasteiger partial charge is 0.416 e. The van der Waals surface area contributed by atoms with Crippen LogP contribution in [-0.4, -0.2) is 32.6 Å². The zero-order chi connectivity index (χ0) is 22.2. The molecule has 0 bridgehead atoms. The van der Waals surface area contributed by atoms with Crippen molar-refractivity contribution in [3.8, 4) is 16.3 Å². The van der Waals surface area contributed by atoms with Crippen LogP contribution in [0.5, 0.6) is 5.75 Å². The van der Waals surface area contributed by atoms with Crippen molar-refractivity contribution in [3.63, 3.8) is 0 Å². The summed E-state index contributed by atoms with van der Waals surface area (Å²) in [5.74, 6) is 0.0506. The van der Waals surface area contributed by atoms with Gasteiger partial charge in [-0.3, -0.25) is 0 Å². The van der Waals surface area contributed by atoms with E-state index in [1.165, 1.54) is 23.5 Å². The van der Waals surface area contributed by atoms with Crippen LogP contribution in [0.25, 0.3) is 21.6 Å². The van der Waals surface area contributed by atoms with Crippen LogP contribution in [0.1, 0.15) is 22.0 Å². The number of aryl methyl sites for hydroxylation is 1. The molecule has 0 radical (unpaired) electrons. The Labute approximate surface area is 178 Å². The molecule has 0 amide bonds. The Morgan fingerprint density at radius 1 is 1.16 bits per heavy atom. The lowest BCUT2D eigenvalue weighted by Gasteiger charge is -2.06. The number of hydrogen-bond donors (Lipinski definition) is 2. The second-order valence-electron chi connectivity index (χ2n) is 6.82. The Kier molecular flexibility index (Phi) is 5.40. The van der Waals surface area contributed by atoms with Gasteiger partial charge in [-0.25, -0.2) is 14.8 Å². The largest absolute Gasteiger partial charge is 0.482 e. The van der Waals surface area contributed by atoms with Gasteiger partial charge in [0, 0.05) is 22.9 Å². The molecule has 6 nitrogen and oxygen atoms in total. The predicted octanol–water partition coefficient (Wildman–Crippen LogP) is 5.07. The van der Waals surface area contributed by atoms with Crippen molar-refractivity contribution in [2.24, 2.45) is 0 Å². The van der Waals surface area contributed by atoms with Crippen LogP contribution in [0.2, 0.25) is 0 Å². The standard InChI is InChI=1S/C21H16F3N3O3S/c1-11-17(31-20(25-11)12-2-4-13(5-3-12)21(22,23)24)9-18-26-15-7-6-14(8-16(15)27-18)30-10-19(28)29/h2-8H,9-10H2,1H3,(H,26,27)(H,28,29). The van der Waals surface area contributed by atoms with E-state index in [0.29, 0.717) is 39.6 Å². The van der Waals surface area contributed by atoms with Gasteiger partial charge in [0.15, 0.2) is 6.61 Å². The minimum absolute atomic E-state index is 0.420. The fraction of sp³-hybridized carbons (Fsp3) is 0.190. The van der Waals surface area contributed by atoms with E-state index in [1.807, 2.05) is 6.92 Å². The number of aromatic nitrogens is 3. The highest BCUT2D eigenvalue weighted by molar-refractivity contribution is 7.15. The van der Waals surface area contributed by atoms with Crippen LogP contribution in [0.3, 0.4) is 0 Å². The van der Waals surface area contributed by atoms with Crippen molar-refractivity contribution >= 4 is 28.3 Å². The monoisotopic (exact) mass is 447 g/mol. The summed E-state index contributed by atoms with van der Waals surface area (Å²) < 4.78 is 43.5. The minimum atomic E-state index is -4.37. The molecule has 10 heteroatoms. The summed E-state index contributed by atoms with van der Waals surface area (Å²) in [5.41, 5.74) is 2.13. The maximum Gasteiger partial charge on any atom is 0.416 e. The van der Waals surface area contributed by atoms with Crippen molar-refractivity contribution < 1.29 is 27.8 Å². The number of nitrogens with one attached hydrogen (secondary N) is 1. The topological polar surface area (TPSA) is 88.1 Å². The molecule has 4 rings (SSSR count). The summed E-state index contributed by atoms with van der Waals surface area (Å²) in [6, 6.07) is 10.0.